The Hall–Kier alpha value is -3.69. The summed E-state index contributed by atoms with van der Waals surface area (Å²) < 4.78 is 8.02. The Morgan fingerprint density at radius 1 is 0.618 bits per heavy atom. The second-order valence-corrected chi connectivity index (χ2v) is 10.7. The van der Waals surface area contributed by atoms with Crippen LogP contribution in [-0.2, 0) is 0 Å². The van der Waals surface area contributed by atoms with E-state index in [1.807, 2.05) is 24.3 Å². The molecule has 0 aliphatic rings. The molecule has 4 aromatic carbocycles. The van der Waals surface area contributed by atoms with E-state index in [9.17, 15) is 0 Å². The Morgan fingerprint density at radius 2 is 1.24 bits per heavy atom. The molecule has 0 radical (unpaired) electrons. The van der Waals surface area contributed by atoms with Crippen LogP contribution in [0.1, 0.15) is 11.1 Å². The Morgan fingerprint density at radius 3 is 1.88 bits per heavy atom. The second kappa shape index (κ2) is 10.5. The summed E-state index contributed by atoms with van der Waals surface area (Å²) in [5, 5.41) is 0. The molecule has 34 heavy (non-hydrogen) atoms. The number of rotatable bonds is 5. The Bertz CT molecular complexity index is 1390. The molecule has 2 nitrogen and oxygen atoms in total. The van der Waals surface area contributed by atoms with Crippen LogP contribution in [0.5, 0.6) is 5.75 Å². The molecule has 0 unspecified atom stereocenters. The first kappa shape index (κ1) is 22.1. The van der Waals surface area contributed by atoms with Gasteiger partial charge in [0.2, 0.25) is 0 Å². The van der Waals surface area contributed by atoms with Gasteiger partial charge in [-0.2, -0.15) is 0 Å². The molecule has 0 aliphatic heterocycles. The van der Waals surface area contributed by atoms with Crippen LogP contribution in [0.3, 0.4) is 0 Å². The third-order valence-electron chi connectivity index (χ3n) is 5.47. The maximum atomic E-state index is 5.25. The second-order valence-electron chi connectivity index (χ2n) is 7.67. The standard InChI is InChI=1S/C31H23NOTe/c1-33-28-20-17-24(18-21-28)16-19-25-10-8-9-15-29(25)30-22-23-31(34-30)32(26-11-4-2-5-12-26)27-13-6-3-7-14-27/h2-15,17-18,20-23H,1H3. The fourth-order valence-electron chi connectivity index (χ4n) is 3.77. The summed E-state index contributed by atoms with van der Waals surface area (Å²) in [5.74, 6) is 7.56. The van der Waals surface area contributed by atoms with Crippen molar-refractivity contribution in [3.8, 4) is 26.7 Å². The van der Waals surface area contributed by atoms with Crippen molar-refractivity contribution in [2.45, 2.75) is 0 Å². The van der Waals surface area contributed by atoms with Gasteiger partial charge in [-0.3, -0.25) is 0 Å². The molecule has 0 aliphatic carbocycles. The monoisotopic (exact) mass is 555 g/mol. The fourth-order valence-corrected chi connectivity index (χ4v) is 6.88. The van der Waals surface area contributed by atoms with Crippen LogP contribution in [0.4, 0.5) is 15.1 Å². The molecular weight excluding hydrogens is 530 g/mol. The van der Waals surface area contributed by atoms with E-state index in [2.05, 4.69) is 114 Å². The molecule has 0 saturated heterocycles. The molecular formula is C31H23NOTe. The summed E-state index contributed by atoms with van der Waals surface area (Å²) in [7, 11) is 1.68. The molecule has 0 atom stereocenters. The summed E-state index contributed by atoms with van der Waals surface area (Å²) in [5.41, 5.74) is 5.65. The normalized spacial score (nSPS) is 10.3. The molecule has 0 N–H and O–H groups in total. The first-order valence-corrected chi connectivity index (χ1v) is 13.4. The van der Waals surface area contributed by atoms with Crippen molar-refractivity contribution in [1.29, 1.82) is 0 Å². The average molecular weight is 553 g/mol. The molecule has 0 saturated carbocycles. The van der Waals surface area contributed by atoms with Crippen LogP contribution < -0.4 is 9.64 Å². The predicted molar refractivity (Wildman–Crippen MR) is 142 cm³/mol. The van der Waals surface area contributed by atoms with E-state index >= 15 is 0 Å². The number of hydrogen-bond acceptors (Lipinski definition) is 2. The zero-order chi connectivity index (χ0) is 23.2. The number of methoxy groups -OCH3 is 1. The van der Waals surface area contributed by atoms with Crippen LogP contribution in [-0.4, -0.2) is 27.5 Å². The summed E-state index contributed by atoms with van der Waals surface area (Å²) in [6.45, 7) is 0. The van der Waals surface area contributed by atoms with Crippen LogP contribution in [0.25, 0.3) is 9.14 Å². The molecule has 0 spiro atoms. The minimum atomic E-state index is -0.609. The Balaban J connectivity index is 1.51. The van der Waals surface area contributed by atoms with Crippen LogP contribution in [0.15, 0.2) is 121 Å². The van der Waals surface area contributed by atoms with Gasteiger partial charge in [0.1, 0.15) is 0 Å². The molecule has 164 valence electrons. The molecule has 1 heterocycles. The van der Waals surface area contributed by atoms with Gasteiger partial charge in [0.15, 0.2) is 0 Å². The van der Waals surface area contributed by atoms with Crippen molar-refractivity contribution in [3.63, 3.8) is 0 Å². The zero-order valence-electron chi connectivity index (χ0n) is 18.8. The molecule has 5 rings (SSSR count). The summed E-state index contributed by atoms with van der Waals surface area (Å²) in [4.78, 5) is 2.39. The molecule has 1 aromatic heterocycles. The number of benzene rings is 4. The molecule has 0 fully saturated rings. The van der Waals surface area contributed by atoms with Gasteiger partial charge >= 0.3 is 211 Å². The molecule has 0 amide bonds. The zero-order valence-corrected chi connectivity index (χ0v) is 21.1. The van der Waals surface area contributed by atoms with Gasteiger partial charge in [-0.15, -0.1) is 0 Å². The Kier molecular flexibility index (Phi) is 6.83. The van der Waals surface area contributed by atoms with Crippen molar-refractivity contribution in [2.24, 2.45) is 0 Å². The van der Waals surface area contributed by atoms with Crippen molar-refractivity contribution in [1.82, 2.24) is 0 Å². The summed E-state index contributed by atoms with van der Waals surface area (Å²) >= 11 is -0.609. The first-order valence-electron chi connectivity index (χ1n) is 11.1. The van der Waals surface area contributed by atoms with Crippen molar-refractivity contribution in [3.05, 3.63) is 132 Å². The van der Waals surface area contributed by atoms with Gasteiger partial charge in [0, 0.05) is 0 Å². The van der Waals surface area contributed by atoms with Crippen molar-refractivity contribution >= 4 is 35.5 Å². The maximum absolute atomic E-state index is 5.25. The van der Waals surface area contributed by atoms with Crippen LogP contribution in [0.2, 0.25) is 0 Å². The van der Waals surface area contributed by atoms with E-state index in [1.54, 1.807) is 7.11 Å². The van der Waals surface area contributed by atoms with E-state index < -0.39 is 20.4 Å². The Labute approximate surface area is 210 Å². The summed E-state index contributed by atoms with van der Waals surface area (Å²) in [6, 6.07) is 42.1. The first-order chi connectivity index (χ1) is 16.8. The van der Waals surface area contributed by atoms with Gasteiger partial charge in [-0.05, 0) is 0 Å². The molecule has 0 bridgehead atoms. The van der Waals surface area contributed by atoms with Crippen molar-refractivity contribution in [2.75, 3.05) is 12.0 Å². The van der Waals surface area contributed by atoms with Gasteiger partial charge < -0.3 is 0 Å². The number of anilines is 3. The van der Waals surface area contributed by atoms with Gasteiger partial charge in [-0.1, -0.05) is 0 Å². The van der Waals surface area contributed by atoms with E-state index in [4.69, 9.17) is 4.74 Å². The number of nitrogens with zero attached hydrogens (tertiary/aromatic N) is 1. The predicted octanol–water partition coefficient (Wildman–Crippen LogP) is 7.29. The third-order valence-corrected chi connectivity index (χ3v) is 8.62. The third kappa shape index (κ3) is 4.95. The van der Waals surface area contributed by atoms with E-state index in [0.29, 0.717) is 0 Å². The van der Waals surface area contributed by atoms with E-state index in [0.717, 1.165) is 16.9 Å². The van der Waals surface area contributed by atoms with Gasteiger partial charge in [0.05, 0.1) is 0 Å². The van der Waals surface area contributed by atoms with Crippen molar-refractivity contribution < 1.29 is 4.74 Å². The van der Waals surface area contributed by atoms with Gasteiger partial charge in [-0.25, -0.2) is 0 Å². The number of hydrogen-bond donors (Lipinski definition) is 0. The SMILES string of the molecule is COc1ccc(C#Cc2ccccc2-c2ccc(N(c3ccccc3)c3ccccc3)[te]2)cc1. The van der Waals surface area contributed by atoms with E-state index in [-0.39, 0.29) is 0 Å². The quantitative estimate of drug-likeness (QED) is 0.168. The van der Waals surface area contributed by atoms with Crippen LogP contribution in [0, 0.1) is 11.8 Å². The fraction of sp³-hybridized carbons (Fsp3) is 0.0323. The topological polar surface area (TPSA) is 12.5 Å². The number of ether oxygens (including phenoxy) is 1. The summed E-state index contributed by atoms with van der Waals surface area (Å²) in [6.07, 6.45) is 0. The van der Waals surface area contributed by atoms with Gasteiger partial charge in [0.25, 0.3) is 0 Å². The number of para-hydroxylation sites is 2. The van der Waals surface area contributed by atoms with Crippen LogP contribution >= 0.6 is 0 Å². The molecule has 3 heteroatoms. The minimum absolute atomic E-state index is 0.609. The molecule has 5 aromatic rings. The van der Waals surface area contributed by atoms with E-state index in [1.165, 1.54) is 24.2 Å². The average Bonchev–Trinajstić information content (AvgIpc) is 3.39.